The monoisotopic (exact) mass is 517 g/mol. The van der Waals surface area contributed by atoms with E-state index in [1.807, 2.05) is 12.1 Å². The molecule has 11 heteroatoms. The van der Waals surface area contributed by atoms with Gasteiger partial charge in [-0.2, -0.15) is 18.3 Å². The first-order valence-corrected chi connectivity index (χ1v) is 13.4. The van der Waals surface area contributed by atoms with E-state index in [1.54, 1.807) is 29.2 Å². The minimum absolute atomic E-state index is 0.272. The third kappa shape index (κ3) is 4.70. The van der Waals surface area contributed by atoms with Gasteiger partial charge in [-0.1, -0.05) is 24.3 Å². The minimum atomic E-state index is -4.46. The molecule has 2 N–H and O–H groups in total. The van der Waals surface area contributed by atoms with Crippen molar-refractivity contribution in [3.8, 4) is 0 Å². The van der Waals surface area contributed by atoms with Crippen LogP contribution in [-0.2, 0) is 12.6 Å². The standard InChI is InChI=1S/C25H22F4N4O2P/c26-20-7-5-16(13-21-18-3-1-2-4-19(18)24(34)32-31-21)14-22(20)36(35)11-9-33(10-12-36)23-8-6-17(15-30-23)25(27,28)29/h1-8,14-15,35H,9-13H2,(H,32,34). The summed E-state index contributed by atoms with van der Waals surface area (Å²) in [6, 6.07) is 14.0. The second kappa shape index (κ2) is 9.26. The number of pyridine rings is 1. The van der Waals surface area contributed by atoms with Gasteiger partial charge in [-0.15, -0.1) is 0 Å². The summed E-state index contributed by atoms with van der Waals surface area (Å²) < 4.78 is 53.3. The van der Waals surface area contributed by atoms with Crippen LogP contribution < -0.4 is 15.8 Å². The van der Waals surface area contributed by atoms with E-state index in [-0.39, 0.29) is 23.2 Å². The van der Waals surface area contributed by atoms with Crippen molar-refractivity contribution in [2.24, 2.45) is 0 Å². The summed E-state index contributed by atoms with van der Waals surface area (Å²) in [4.78, 5) is 29.2. The molecular weight excluding hydrogens is 495 g/mol. The molecule has 5 rings (SSSR count). The van der Waals surface area contributed by atoms with Crippen molar-refractivity contribution < 1.29 is 22.5 Å². The summed E-state index contributed by atoms with van der Waals surface area (Å²) in [5.41, 5.74) is 0.271. The normalized spacial score (nSPS) is 15.9. The second-order valence-corrected chi connectivity index (χ2v) is 12.0. The molecule has 0 atom stereocenters. The smallest absolute Gasteiger partial charge is 0.375 e. The van der Waals surface area contributed by atoms with Gasteiger partial charge in [-0.05, 0) is 35.9 Å². The Morgan fingerprint density at radius 2 is 1.75 bits per heavy atom. The molecule has 0 amide bonds. The molecular formula is C25H22F4N4O2P. The van der Waals surface area contributed by atoms with E-state index in [1.165, 1.54) is 12.1 Å². The zero-order chi connectivity index (χ0) is 25.5. The minimum Gasteiger partial charge on any atom is -0.375 e. The number of hydrogen-bond donors (Lipinski definition) is 2. The fourth-order valence-corrected chi connectivity index (χ4v) is 7.22. The molecule has 0 spiro atoms. The molecule has 1 aliphatic rings. The Balaban J connectivity index is 1.36. The number of halogens is 4. The number of anilines is 1. The van der Waals surface area contributed by atoms with Gasteiger partial charge < -0.3 is 9.79 Å². The third-order valence-corrected chi connectivity index (χ3v) is 9.60. The number of hydrogen-bond acceptors (Lipinski definition) is 5. The highest BCUT2D eigenvalue weighted by Gasteiger charge is 2.36. The topological polar surface area (TPSA) is 82.1 Å². The van der Waals surface area contributed by atoms with Crippen LogP contribution in [0.4, 0.5) is 23.4 Å². The maximum atomic E-state index is 14.9. The summed E-state index contributed by atoms with van der Waals surface area (Å²) in [6.45, 7) is 0.691. The van der Waals surface area contributed by atoms with Crippen LogP contribution in [-0.4, -0.2) is 45.5 Å². The summed E-state index contributed by atoms with van der Waals surface area (Å²) >= 11 is 0. The highest BCUT2D eigenvalue weighted by atomic mass is 31.2. The highest BCUT2D eigenvalue weighted by Crippen LogP contribution is 2.55. The van der Waals surface area contributed by atoms with Gasteiger partial charge in [0.05, 0.1) is 16.6 Å². The molecule has 1 fully saturated rings. The number of fused-ring (bicyclic) bond motifs is 1. The van der Waals surface area contributed by atoms with Crippen molar-refractivity contribution in [2.75, 3.05) is 30.3 Å². The lowest BCUT2D eigenvalue weighted by atomic mass is 10.0. The summed E-state index contributed by atoms with van der Waals surface area (Å²) in [5, 5.41) is 8.17. The number of nitrogens with one attached hydrogen (secondary N) is 1. The Morgan fingerprint density at radius 3 is 2.42 bits per heavy atom. The fraction of sp³-hybridized carbons (Fsp3) is 0.240. The van der Waals surface area contributed by atoms with Crippen LogP contribution >= 0.6 is 7.49 Å². The quantitative estimate of drug-likeness (QED) is 0.314. The Kier molecular flexibility index (Phi) is 6.26. The second-order valence-electron chi connectivity index (χ2n) is 8.77. The molecule has 187 valence electrons. The van der Waals surface area contributed by atoms with Crippen molar-refractivity contribution >= 4 is 29.4 Å². The lowest BCUT2D eigenvalue weighted by molar-refractivity contribution is -0.137. The summed E-state index contributed by atoms with van der Waals surface area (Å²) in [6.07, 6.45) is -2.75. The lowest BCUT2D eigenvalue weighted by Crippen LogP contribution is -2.40. The van der Waals surface area contributed by atoms with Crippen molar-refractivity contribution in [3.05, 3.63) is 93.8 Å². The number of aromatic amines is 1. The Morgan fingerprint density at radius 1 is 1.03 bits per heavy atom. The number of nitrogens with zero attached hydrogens (tertiary/aromatic N) is 3. The van der Waals surface area contributed by atoms with Gasteiger partial charge in [-0.3, -0.25) is 4.79 Å². The maximum absolute atomic E-state index is 14.9. The van der Waals surface area contributed by atoms with Crippen LogP contribution in [0.3, 0.4) is 0 Å². The molecule has 4 aromatic rings. The molecule has 36 heavy (non-hydrogen) atoms. The molecule has 0 unspecified atom stereocenters. The molecule has 0 saturated carbocycles. The largest absolute Gasteiger partial charge is 0.417 e. The van der Waals surface area contributed by atoms with Gasteiger partial charge in [0.2, 0.25) is 0 Å². The molecule has 1 radical (unpaired) electrons. The van der Waals surface area contributed by atoms with Gasteiger partial charge in [0.15, 0.2) is 0 Å². The molecule has 2 aromatic carbocycles. The van der Waals surface area contributed by atoms with E-state index in [2.05, 4.69) is 15.2 Å². The number of rotatable bonds is 4. The average Bonchev–Trinajstić information content (AvgIpc) is 2.87. The lowest BCUT2D eigenvalue weighted by Gasteiger charge is -2.40. The number of aromatic nitrogens is 3. The van der Waals surface area contributed by atoms with Crippen LogP contribution in [0.5, 0.6) is 0 Å². The first-order valence-electron chi connectivity index (χ1n) is 11.3. The summed E-state index contributed by atoms with van der Waals surface area (Å²) in [7, 11) is -2.84. The number of H-pyrrole nitrogens is 1. The van der Waals surface area contributed by atoms with Gasteiger partial charge in [0.25, 0.3) is 5.56 Å². The molecule has 3 heterocycles. The van der Waals surface area contributed by atoms with Gasteiger partial charge >= 0.3 is 6.18 Å². The fourth-order valence-electron chi connectivity index (χ4n) is 4.49. The van der Waals surface area contributed by atoms with Crippen LogP contribution in [0.15, 0.2) is 65.6 Å². The number of benzene rings is 2. The zero-order valence-electron chi connectivity index (χ0n) is 19.0. The first kappa shape index (κ1) is 24.3. The van der Waals surface area contributed by atoms with E-state index >= 15 is 0 Å². The molecule has 0 aliphatic carbocycles. The van der Waals surface area contributed by atoms with Crippen LogP contribution in [0, 0.1) is 5.82 Å². The molecule has 0 bridgehead atoms. The van der Waals surface area contributed by atoms with Gasteiger partial charge in [0, 0.05) is 56.2 Å². The molecule has 1 aliphatic heterocycles. The highest BCUT2D eigenvalue weighted by molar-refractivity contribution is 7.77. The number of alkyl halides is 3. The summed E-state index contributed by atoms with van der Waals surface area (Å²) in [5.74, 6) is -0.102. The SMILES string of the molecule is O=c1[nH]nc(Cc2ccc(F)c([P]3(O)CCN(c4ccc(C(F)(F)F)cn4)CC3)c2)c2ccccc12. The maximum Gasteiger partial charge on any atom is 0.417 e. The van der Waals surface area contributed by atoms with E-state index < -0.39 is 25.0 Å². The van der Waals surface area contributed by atoms with E-state index in [9.17, 15) is 27.2 Å². The first-order chi connectivity index (χ1) is 17.1. The third-order valence-electron chi connectivity index (χ3n) is 6.48. The van der Waals surface area contributed by atoms with Crippen LogP contribution in [0.2, 0.25) is 0 Å². The molecule has 1 saturated heterocycles. The zero-order valence-corrected chi connectivity index (χ0v) is 19.9. The van der Waals surface area contributed by atoms with Crippen molar-refractivity contribution in [1.82, 2.24) is 15.2 Å². The van der Waals surface area contributed by atoms with Gasteiger partial charge in [-0.25, -0.2) is 14.5 Å². The molecule has 2 aromatic heterocycles. The Labute approximate surface area is 204 Å². The van der Waals surface area contributed by atoms with E-state index in [0.717, 1.165) is 17.8 Å². The Bertz CT molecular complexity index is 1470. The van der Waals surface area contributed by atoms with Gasteiger partial charge in [0.1, 0.15) is 11.6 Å². The van der Waals surface area contributed by atoms with E-state index in [0.29, 0.717) is 41.8 Å². The Hall–Kier alpha value is -3.36. The van der Waals surface area contributed by atoms with Crippen molar-refractivity contribution in [2.45, 2.75) is 12.6 Å². The predicted molar refractivity (Wildman–Crippen MR) is 132 cm³/mol. The predicted octanol–water partition coefficient (Wildman–Crippen LogP) is 4.14. The van der Waals surface area contributed by atoms with Crippen LogP contribution in [0.1, 0.15) is 16.8 Å². The van der Waals surface area contributed by atoms with E-state index in [4.69, 9.17) is 0 Å². The van der Waals surface area contributed by atoms with Crippen molar-refractivity contribution in [3.63, 3.8) is 0 Å². The van der Waals surface area contributed by atoms with Crippen LogP contribution in [0.25, 0.3) is 10.8 Å². The molecule has 6 nitrogen and oxygen atoms in total. The average molecular weight is 517 g/mol. The van der Waals surface area contributed by atoms with Crippen molar-refractivity contribution in [1.29, 1.82) is 0 Å².